The SMILES string of the molecule is O=C(O)c1cc(CCc2ccc(Cl)cc2)[nH]n1. The molecule has 0 unspecified atom stereocenters. The largest absolute Gasteiger partial charge is 0.476 e. The summed E-state index contributed by atoms with van der Waals surface area (Å²) in [5.74, 6) is -1.01. The van der Waals surface area contributed by atoms with Crippen molar-refractivity contribution in [2.24, 2.45) is 0 Å². The number of hydrogen-bond donors (Lipinski definition) is 2. The standard InChI is InChI=1S/C12H11ClN2O2/c13-9-4-1-8(2-5-9)3-6-10-7-11(12(16)17)15-14-10/h1-2,4-5,7H,3,6H2,(H,14,15)(H,16,17). The summed E-state index contributed by atoms with van der Waals surface area (Å²) >= 11 is 5.79. The molecule has 0 spiro atoms. The number of aryl methyl sites for hydroxylation is 2. The fourth-order valence-corrected chi connectivity index (χ4v) is 1.66. The average molecular weight is 251 g/mol. The smallest absolute Gasteiger partial charge is 0.356 e. The number of benzene rings is 1. The van der Waals surface area contributed by atoms with Gasteiger partial charge in [0.15, 0.2) is 5.69 Å². The second-order valence-electron chi connectivity index (χ2n) is 3.71. The van der Waals surface area contributed by atoms with E-state index in [0.717, 1.165) is 24.1 Å². The van der Waals surface area contributed by atoms with Crippen molar-refractivity contribution in [2.75, 3.05) is 0 Å². The molecular formula is C12H11ClN2O2. The van der Waals surface area contributed by atoms with Gasteiger partial charge in [-0.1, -0.05) is 23.7 Å². The van der Waals surface area contributed by atoms with Crippen molar-refractivity contribution in [3.8, 4) is 0 Å². The predicted octanol–water partition coefficient (Wildman–Crippen LogP) is 2.55. The molecule has 5 heteroatoms. The van der Waals surface area contributed by atoms with E-state index < -0.39 is 5.97 Å². The highest BCUT2D eigenvalue weighted by Crippen LogP contribution is 2.11. The van der Waals surface area contributed by atoms with Gasteiger partial charge in [0.05, 0.1) is 0 Å². The molecule has 1 heterocycles. The van der Waals surface area contributed by atoms with Crippen LogP contribution in [0.4, 0.5) is 0 Å². The Labute approximate surface area is 103 Å². The Bertz CT molecular complexity index is 520. The molecule has 0 aliphatic rings. The molecule has 17 heavy (non-hydrogen) atoms. The maximum atomic E-state index is 10.6. The molecule has 0 amide bonds. The molecule has 0 bridgehead atoms. The highest BCUT2D eigenvalue weighted by molar-refractivity contribution is 6.30. The van der Waals surface area contributed by atoms with Crippen LogP contribution in [-0.2, 0) is 12.8 Å². The number of hydrogen-bond acceptors (Lipinski definition) is 2. The van der Waals surface area contributed by atoms with Gasteiger partial charge in [-0.2, -0.15) is 5.10 Å². The van der Waals surface area contributed by atoms with Gasteiger partial charge in [-0.15, -0.1) is 0 Å². The van der Waals surface area contributed by atoms with Gasteiger partial charge in [0.25, 0.3) is 0 Å². The summed E-state index contributed by atoms with van der Waals surface area (Å²) in [6.45, 7) is 0. The maximum absolute atomic E-state index is 10.6. The van der Waals surface area contributed by atoms with Crippen LogP contribution in [-0.4, -0.2) is 21.3 Å². The first-order valence-corrected chi connectivity index (χ1v) is 5.55. The Kier molecular flexibility index (Phi) is 3.44. The maximum Gasteiger partial charge on any atom is 0.356 e. The van der Waals surface area contributed by atoms with Crippen molar-refractivity contribution >= 4 is 17.6 Å². The van der Waals surface area contributed by atoms with Crippen LogP contribution in [0, 0.1) is 0 Å². The van der Waals surface area contributed by atoms with Gasteiger partial charge in [-0.3, -0.25) is 5.10 Å². The van der Waals surface area contributed by atoms with Gasteiger partial charge in [-0.25, -0.2) is 4.79 Å². The highest BCUT2D eigenvalue weighted by Gasteiger charge is 2.07. The Balaban J connectivity index is 1.97. The summed E-state index contributed by atoms with van der Waals surface area (Å²) in [7, 11) is 0. The molecule has 0 saturated carbocycles. The van der Waals surface area contributed by atoms with Crippen molar-refractivity contribution in [3.63, 3.8) is 0 Å². The summed E-state index contributed by atoms with van der Waals surface area (Å²) in [6.07, 6.45) is 1.54. The van der Waals surface area contributed by atoms with E-state index in [2.05, 4.69) is 10.2 Å². The van der Waals surface area contributed by atoms with Crippen LogP contribution in [0.5, 0.6) is 0 Å². The van der Waals surface area contributed by atoms with Crippen LogP contribution in [0.3, 0.4) is 0 Å². The number of carbonyl (C=O) groups is 1. The monoisotopic (exact) mass is 250 g/mol. The minimum Gasteiger partial charge on any atom is -0.476 e. The minimum atomic E-state index is -1.01. The molecular weight excluding hydrogens is 240 g/mol. The van der Waals surface area contributed by atoms with Crippen molar-refractivity contribution in [2.45, 2.75) is 12.8 Å². The zero-order valence-corrected chi connectivity index (χ0v) is 9.74. The molecule has 2 aromatic rings. The molecule has 0 aliphatic heterocycles. The van der Waals surface area contributed by atoms with E-state index in [1.807, 2.05) is 24.3 Å². The average Bonchev–Trinajstić information content (AvgIpc) is 2.77. The van der Waals surface area contributed by atoms with Crippen molar-refractivity contribution in [3.05, 3.63) is 52.3 Å². The number of aromatic amines is 1. The third-order valence-electron chi connectivity index (χ3n) is 2.45. The molecule has 4 nitrogen and oxygen atoms in total. The minimum absolute atomic E-state index is 0.0520. The van der Waals surface area contributed by atoms with Crippen LogP contribution in [0.25, 0.3) is 0 Å². The Morgan fingerprint density at radius 2 is 2.00 bits per heavy atom. The first-order chi connectivity index (χ1) is 8.15. The lowest BCUT2D eigenvalue weighted by molar-refractivity contribution is 0.0690. The fraction of sp³-hybridized carbons (Fsp3) is 0.167. The van der Waals surface area contributed by atoms with Gasteiger partial charge in [0.2, 0.25) is 0 Å². The van der Waals surface area contributed by atoms with E-state index in [9.17, 15) is 4.79 Å². The number of carboxylic acid groups (broad SMARTS) is 1. The van der Waals surface area contributed by atoms with E-state index in [0.29, 0.717) is 5.02 Å². The Morgan fingerprint density at radius 3 is 2.59 bits per heavy atom. The summed E-state index contributed by atoms with van der Waals surface area (Å²) in [5.41, 5.74) is 2.02. The van der Waals surface area contributed by atoms with Crippen LogP contribution in [0.2, 0.25) is 5.02 Å². The first-order valence-electron chi connectivity index (χ1n) is 5.17. The van der Waals surface area contributed by atoms with Gasteiger partial charge in [-0.05, 0) is 36.6 Å². The van der Waals surface area contributed by atoms with Gasteiger partial charge in [0.1, 0.15) is 0 Å². The summed E-state index contributed by atoms with van der Waals surface area (Å²) < 4.78 is 0. The van der Waals surface area contributed by atoms with Gasteiger partial charge in [0, 0.05) is 10.7 Å². The topological polar surface area (TPSA) is 66.0 Å². The second-order valence-corrected chi connectivity index (χ2v) is 4.15. The fourth-order valence-electron chi connectivity index (χ4n) is 1.53. The third kappa shape index (κ3) is 3.07. The van der Waals surface area contributed by atoms with E-state index in [-0.39, 0.29) is 5.69 Å². The zero-order valence-electron chi connectivity index (χ0n) is 8.98. The molecule has 0 atom stereocenters. The van der Waals surface area contributed by atoms with Gasteiger partial charge >= 0.3 is 5.97 Å². The molecule has 0 saturated heterocycles. The Hall–Kier alpha value is -1.81. The van der Waals surface area contributed by atoms with Crippen molar-refractivity contribution < 1.29 is 9.90 Å². The normalized spacial score (nSPS) is 10.4. The first kappa shape index (κ1) is 11.7. The molecule has 0 radical (unpaired) electrons. The van der Waals surface area contributed by atoms with Crippen molar-refractivity contribution in [1.82, 2.24) is 10.2 Å². The molecule has 1 aromatic heterocycles. The lowest BCUT2D eigenvalue weighted by atomic mass is 10.1. The number of rotatable bonds is 4. The molecule has 0 aliphatic carbocycles. The van der Waals surface area contributed by atoms with Gasteiger partial charge < -0.3 is 5.11 Å². The lowest BCUT2D eigenvalue weighted by Crippen LogP contribution is -1.95. The van der Waals surface area contributed by atoms with Crippen LogP contribution in [0.1, 0.15) is 21.7 Å². The number of halogens is 1. The molecule has 1 aromatic carbocycles. The van der Waals surface area contributed by atoms with Crippen molar-refractivity contribution in [1.29, 1.82) is 0 Å². The second kappa shape index (κ2) is 5.01. The summed E-state index contributed by atoms with van der Waals surface area (Å²) in [6, 6.07) is 9.14. The molecule has 0 fully saturated rings. The third-order valence-corrected chi connectivity index (χ3v) is 2.70. The van der Waals surface area contributed by atoms with E-state index in [4.69, 9.17) is 16.7 Å². The zero-order chi connectivity index (χ0) is 12.3. The number of nitrogens with zero attached hydrogens (tertiary/aromatic N) is 1. The van der Waals surface area contributed by atoms with E-state index in [1.54, 1.807) is 6.07 Å². The van der Waals surface area contributed by atoms with Crippen LogP contribution >= 0.6 is 11.6 Å². The predicted molar refractivity (Wildman–Crippen MR) is 64.4 cm³/mol. The number of aromatic carboxylic acids is 1. The quantitative estimate of drug-likeness (QED) is 0.876. The molecule has 2 rings (SSSR count). The highest BCUT2D eigenvalue weighted by atomic mass is 35.5. The number of carboxylic acids is 1. The Morgan fingerprint density at radius 1 is 1.29 bits per heavy atom. The van der Waals surface area contributed by atoms with E-state index in [1.165, 1.54) is 0 Å². The summed E-state index contributed by atoms with van der Waals surface area (Å²) in [4.78, 5) is 10.6. The molecule has 88 valence electrons. The number of H-pyrrole nitrogens is 1. The number of aromatic nitrogens is 2. The van der Waals surface area contributed by atoms with Crippen LogP contribution < -0.4 is 0 Å². The summed E-state index contributed by atoms with van der Waals surface area (Å²) in [5, 5.41) is 15.8. The molecule has 2 N–H and O–H groups in total. The van der Waals surface area contributed by atoms with Crippen LogP contribution in [0.15, 0.2) is 30.3 Å². The number of nitrogens with one attached hydrogen (secondary N) is 1. The lowest BCUT2D eigenvalue weighted by Gasteiger charge is -1.99. The van der Waals surface area contributed by atoms with E-state index >= 15 is 0 Å².